The zero-order valence-electron chi connectivity index (χ0n) is 14.6. The highest BCUT2D eigenvalue weighted by Gasteiger charge is 2.35. The topological polar surface area (TPSA) is 42.4 Å². The van der Waals surface area contributed by atoms with E-state index in [1.807, 2.05) is 64.9 Å². The molecule has 0 spiro atoms. The number of nitrogens with zero attached hydrogens (tertiary/aromatic N) is 2. The van der Waals surface area contributed by atoms with E-state index >= 15 is 0 Å². The predicted molar refractivity (Wildman–Crippen MR) is 104 cm³/mol. The van der Waals surface area contributed by atoms with Crippen molar-refractivity contribution in [3.8, 4) is 17.0 Å². The molecule has 0 unspecified atom stereocenters. The van der Waals surface area contributed by atoms with Gasteiger partial charge in [-0.05, 0) is 42.7 Å². The number of rotatable bonds is 6. The lowest BCUT2D eigenvalue weighted by Gasteiger charge is -2.20. The molecule has 0 bridgehead atoms. The van der Waals surface area contributed by atoms with Crippen molar-refractivity contribution in [2.75, 3.05) is 12.0 Å². The molecule has 132 valence electrons. The summed E-state index contributed by atoms with van der Waals surface area (Å²) >= 11 is 1.52. The Labute approximate surface area is 157 Å². The molecule has 1 aliphatic rings. The molecule has 0 atom stereocenters. The number of aromatic nitrogens is 1. The number of hydrogen-bond acceptors (Lipinski definition) is 4. The van der Waals surface area contributed by atoms with Crippen molar-refractivity contribution in [2.45, 2.75) is 19.4 Å². The number of benzene rings is 2. The van der Waals surface area contributed by atoms with Gasteiger partial charge < -0.3 is 4.74 Å². The fourth-order valence-electron chi connectivity index (χ4n) is 2.84. The minimum absolute atomic E-state index is 0.159. The van der Waals surface area contributed by atoms with Gasteiger partial charge in [-0.1, -0.05) is 30.3 Å². The third-order valence-corrected chi connectivity index (χ3v) is 5.35. The van der Waals surface area contributed by atoms with Gasteiger partial charge in [-0.15, -0.1) is 11.3 Å². The van der Waals surface area contributed by atoms with E-state index in [1.165, 1.54) is 11.3 Å². The lowest BCUT2D eigenvalue weighted by Crippen LogP contribution is -2.31. The smallest absolute Gasteiger partial charge is 0.232 e. The molecule has 4 rings (SSSR count). The highest BCUT2D eigenvalue weighted by molar-refractivity contribution is 7.14. The van der Waals surface area contributed by atoms with Crippen LogP contribution in [0.3, 0.4) is 0 Å². The highest BCUT2D eigenvalue weighted by Crippen LogP contribution is 2.36. The Bertz CT molecular complexity index is 886. The van der Waals surface area contributed by atoms with Gasteiger partial charge in [-0.2, -0.15) is 0 Å². The second-order valence-corrected chi connectivity index (χ2v) is 7.26. The standard InChI is InChI=1S/C21H20N2O2S/c1-25-18-11-9-16(10-12-18)19-14-26-21(22-19)23(20(24)17-7-8-17)13-15-5-3-2-4-6-15/h2-6,9-12,14,17H,7-8,13H2,1H3. The van der Waals surface area contributed by atoms with Gasteiger partial charge in [0.05, 0.1) is 19.3 Å². The number of carbonyl (C=O) groups excluding carboxylic acids is 1. The van der Waals surface area contributed by atoms with Crippen LogP contribution in [0.5, 0.6) is 5.75 Å². The maximum Gasteiger partial charge on any atom is 0.232 e. The predicted octanol–water partition coefficient (Wildman–Crippen LogP) is 4.76. The van der Waals surface area contributed by atoms with E-state index in [2.05, 4.69) is 0 Å². The largest absolute Gasteiger partial charge is 0.497 e. The molecule has 1 saturated carbocycles. The van der Waals surface area contributed by atoms with Gasteiger partial charge in [0.25, 0.3) is 0 Å². The molecule has 26 heavy (non-hydrogen) atoms. The molecule has 2 aromatic carbocycles. The Kier molecular flexibility index (Phi) is 4.71. The molecule has 0 saturated heterocycles. The maximum atomic E-state index is 12.8. The Balaban J connectivity index is 1.61. The lowest BCUT2D eigenvalue weighted by atomic mass is 10.2. The summed E-state index contributed by atoms with van der Waals surface area (Å²) in [5.74, 6) is 1.16. The number of carbonyl (C=O) groups is 1. The number of ether oxygens (including phenoxy) is 1. The molecule has 0 N–H and O–H groups in total. The average molecular weight is 364 g/mol. The minimum atomic E-state index is 0.159. The van der Waals surface area contributed by atoms with E-state index in [0.717, 1.165) is 40.5 Å². The van der Waals surface area contributed by atoms with Crippen molar-refractivity contribution in [2.24, 2.45) is 5.92 Å². The molecule has 3 aromatic rings. The van der Waals surface area contributed by atoms with Gasteiger partial charge in [0, 0.05) is 16.9 Å². The van der Waals surface area contributed by atoms with Gasteiger partial charge >= 0.3 is 0 Å². The fourth-order valence-corrected chi connectivity index (χ4v) is 3.68. The zero-order chi connectivity index (χ0) is 17.9. The van der Waals surface area contributed by atoms with Crippen LogP contribution in [0.1, 0.15) is 18.4 Å². The number of amides is 1. The first kappa shape index (κ1) is 16.8. The summed E-state index contributed by atoms with van der Waals surface area (Å²) < 4.78 is 5.21. The summed E-state index contributed by atoms with van der Waals surface area (Å²) in [6.07, 6.45) is 1.97. The van der Waals surface area contributed by atoms with Crippen molar-refractivity contribution in [1.82, 2.24) is 4.98 Å². The molecule has 1 heterocycles. The van der Waals surface area contributed by atoms with Gasteiger partial charge in [-0.3, -0.25) is 9.69 Å². The summed E-state index contributed by atoms with van der Waals surface area (Å²) in [6, 6.07) is 17.9. The summed E-state index contributed by atoms with van der Waals surface area (Å²) in [5.41, 5.74) is 3.02. The summed E-state index contributed by atoms with van der Waals surface area (Å²) in [5, 5.41) is 2.77. The van der Waals surface area contributed by atoms with E-state index in [1.54, 1.807) is 7.11 Å². The summed E-state index contributed by atoms with van der Waals surface area (Å²) in [4.78, 5) is 19.4. The minimum Gasteiger partial charge on any atom is -0.497 e. The average Bonchev–Trinajstić information content (AvgIpc) is 3.44. The fraction of sp³-hybridized carbons (Fsp3) is 0.238. The Morgan fingerprint density at radius 2 is 1.88 bits per heavy atom. The van der Waals surface area contributed by atoms with Gasteiger partial charge in [0.1, 0.15) is 5.75 Å². The van der Waals surface area contributed by atoms with E-state index in [-0.39, 0.29) is 11.8 Å². The number of thiazole rings is 1. The maximum absolute atomic E-state index is 12.8. The SMILES string of the molecule is COc1ccc(-c2csc(N(Cc3ccccc3)C(=O)C3CC3)n2)cc1. The third kappa shape index (κ3) is 3.63. The Morgan fingerprint density at radius 1 is 1.15 bits per heavy atom. The van der Waals surface area contributed by atoms with Gasteiger partial charge in [0.2, 0.25) is 5.91 Å². The van der Waals surface area contributed by atoms with Crippen LogP contribution in [-0.4, -0.2) is 18.0 Å². The zero-order valence-corrected chi connectivity index (χ0v) is 15.4. The second-order valence-electron chi connectivity index (χ2n) is 6.43. The normalized spacial score (nSPS) is 13.4. The third-order valence-electron chi connectivity index (χ3n) is 4.48. The van der Waals surface area contributed by atoms with E-state index in [0.29, 0.717) is 6.54 Å². The van der Waals surface area contributed by atoms with Crippen molar-refractivity contribution in [3.63, 3.8) is 0 Å². The molecular formula is C21H20N2O2S. The molecule has 1 aliphatic carbocycles. The molecule has 5 heteroatoms. The van der Waals surface area contributed by atoms with Gasteiger partial charge in [0.15, 0.2) is 5.13 Å². The van der Waals surface area contributed by atoms with Crippen LogP contribution in [0.2, 0.25) is 0 Å². The van der Waals surface area contributed by atoms with Crippen LogP contribution in [0, 0.1) is 5.92 Å². The molecule has 4 nitrogen and oxygen atoms in total. The molecular weight excluding hydrogens is 344 g/mol. The second kappa shape index (κ2) is 7.30. The molecule has 1 amide bonds. The first-order valence-corrected chi connectivity index (χ1v) is 9.58. The van der Waals surface area contributed by atoms with Crippen LogP contribution in [0.25, 0.3) is 11.3 Å². The first-order valence-electron chi connectivity index (χ1n) is 8.70. The monoisotopic (exact) mass is 364 g/mol. The number of anilines is 1. The van der Waals surface area contributed by atoms with Crippen LogP contribution in [0.15, 0.2) is 60.0 Å². The Hall–Kier alpha value is -2.66. The van der Waals surface area contributed by atoms with Crippen LogP contribution in [0.4, 0.5) is 5.13 Å². The molecule has 0 radical (unpaired) electrons. The quantitative estimate of drug-likeness (QED) is 0.633. The molecule has 1 aromatic heterocycles. The van der Waals surface area contributed by atoms with Crippen LogP contribution < -0.4 is 9.64 Å². The van der Waals surface area contributed by atoms with E-state index < -0.39 is 0 Å². The lowest BCUT2D eigenvalue weighted by molar-refractivity contribution is -0.119. The molecule has 1 fully saturated rings. The number of hydrogen-bond donors (Lipinski definition) is 0. The van der Waals surface area contributed by atoms with E-state index in [9.17, 15) is 4.79 Å². The van der Waals surface area contributed by atoms with Gasteiger partial charge in [-0.25, -0.2) is 4.98 Å². The Morgan fingerprint density at radius 3 is 2.54 bits per heavy atom. The summed E-state index contributed by atoms with van der Waals surface area (Å²) in [7, 11) is 1.65. The molecule has 0 aliphatic heterocycles. The first-order chi connectivity index (χ1) is 12.7. The van der Waals surface area contributed by atoms with E-state index in [4.69, 9.17) is 9.72 Å². The van der Waals surface area contributed by atoms with Crippen molar-refractivity contribution in [1.29, 1.82) is 0 Å². The number of methoxy groups -OCH3 is 1. The van der Waals surface area contributed by atoms with Crippen molar-refractivity contribution in [3.05, 3.63) is 65.5 Å². The van der Waals surface area contributed by atoms with Crippen molar-refractivity contribution < 1.29 is 9.53 Å². The van der Waals surface area contributed by atoms with Crippen LogP contribution >= 0.6 is 11.3 Å². The van der Waals surface area contributed by atoms with Crippen LogP contribution in [-0.2, 0) is 11.3 Å². The van der Waals surface area contributed by atoms with Crippen molar-refractivity contribution >= 4 is 22.4 Å². The summed E-state index contributed by atoms with van der Waals surface area (Å²) in [6.45, 7) is 0.561. The highest BCUT2D eigenvalue weighted by atomic mass is 32.1.